The van der Waals surface area contributed by atoms with Gasteiger partial charge in [-0.1, -0.05) is 0 Å². The smallest absolute Gasteiger partial charge is 0.256 e. The molecule has 0 aliphatic carbocycles. The number of nitrogens with zero attached hydrogens (tertiary/aromatic N) is 4. The minimum Gasteiger partial charge on any atom is -0.464 e. The van der Waals surface area contributed by atoms with Crippen LogP contribution in [0.2, 0.25) is 0 Å². The van der Waals surface area contributed by atoms with Crippen molar-refractivity contribution in [1.82, 2.24) is 24.9 Å². The van der Waals surface area contributed by atoms with Crippen LogP contribution in [0.25, 0.3) is 17.1 Å². The summed E-state index contributed by atoms with van der Waals surface area (Å²) in [6.45, 7) is 1.85. The highest BCUT2D eigenvalue weighted by Gasteiger charge is 2.20. The molecule has 1 aliphatic rings. The van der Waals surface area contributed by atoms with Crippen molar-refractivity contribution in [2.24, 2.45) is 0 Å². The first kappa shape index (κ1) is 13.1. The Morgan fingerprint density at radius 3 is 3.23 bits per heavy atom. The van der Waals surface area contributed by atoms with Gasteiger partial charge in [0.1, 0.15) is 29.3 Å². The first-order valence-corrected chi connectivity index (χ1v) is 7.33. The van der Waals surface area contributed by atoms with Gasteiger partial charge < -0.3 is 20.8 Å². The Balaban J connectivity index is 1.75. The third-order valence-corrected chi connectivity index (χ3v) is 3.91. The maximum atomic E-state index is 6.24. The molecule has 0 amide bonds. The molecule has 1 fully saturated rings. The van der Waals surface area contributed by atoms with Crippen LogP contribution >= 0.6 is 0 Å². The maximum Gasteiger partial charge on any atom is 0.256 e. The molecule has 22 heavy (non-hydrogen) atoms. The molecule has 1 unspecified atom stereocenters. The number of hydrogen-bond donors (Lipinski definition) is 3. The summed E-state index contributed by atoms with van der Waals surface area (Å²) >= 11 is 0. The summed E-state index contributed by atoms with van der Waals surface area (Å²) in [5, 5.41) is 10.9. The van der Waals surface area contributed by atoms with Gasteiger partial charge in [-0.15, -0.1) is 0 Å². The van der Waals surface area contributed by atoms with Crippen LogP contribution in [0.3, 0.4) is 0 Å². The molecule has 8 nitrogen and oxygen atoms in total. The van der Waals surface area contributed by atoms with Crippen molar-refractivity contribution in [3.63, 3.8) is 0 Å². The molecule has 8 heteroatoms. The molecule has 1 saturated heterocycles. The van der Waals surface area contributed by atoms with Crippen molar-refractivity contribution in [3.8, 4) is 11.3 Å². The average Bonchev–Trinajstić information content (AvgIpc) is 3.26. The second kappa shape index (κ2) is 5.30. The Labute approximate surface area is 126 Å². The zero-order valence-electron chi connectivity index (χ0n) is 12.0. The first-order chi connectivity index (χ1) is 10.8. The molecule has 0 aromatic carbocycles. The number of hydrogen-bond acceptors (Lipinski definition) is 7. The van der Waals surface area contributed by atoms with E-state index in [4.69, 9.17) is 10.2 Å². The largest absolute Gasteiger partial charge is 0.464 e. The molecule has 4 rings (SSSR count). The normalized spacial score (nSPS) is 18.1. The van der Waals surface area contributed by atoms with Crippen molar-refractivity contribution in [2.75, 3.05) is 24.1 Å². The van der Waals surface area contributed by atoms with Crippen molar-refractivity contribution in [2.45, 2.75) is 18.9 Å². The van der Waals surface area contributed by atoms with Crippen LogP contribution in [0.5, 0.6) is 0 Å². The number of nitrogens with two attached hydrogens (primary N) is 1. The average molecular weight is 299 g/mol. The first-order valence-electron chi connectivity index (χ1n) is 7.33. The zero-order chi connectivity index (χ0) is 14.9. The fraction of sp³-hybridized carbons (Fsp3) is 0.357. The van der Waals surface area contributed by atoms with E-state index in [0.29, 0.717) is 34.8 Å². The number of nitrogen functional groups attached to an aromatic ring is 1. The summed E-state index contributed by atoms with van der Waals surface area (Å²) in [7, 11) is 0. The van der Waals surface area contributed by atoms with E-state index in [0.717, 1.165) is 19.5 Å². The molecule has 114 valence electrons. The molecule has 3 aromatic rings. The zero-order valence-corrected chi connectivity index (χ0v) is 12.0. The molecule has 0 spiro atoms. The highest BCUT2D eigenvalue weighted by molar-refractivity contribution is 5.82. The van der Waals surface area contributed by atoms with Crippen molar-refractivity contribution < 1.29 is 4.42 Å². The SMILES string of the molecule is Nc1c(-c2ccco2)c(NCC2CCCN2)nc2ncnn12. The topological polar surface area (TPSA) is 106 Å². The van der Waals surface area contributed by atoms with E-state index in [1.807, 2.05) is 12.1 Å². The number of fused-ring (bicyclic) bond motifs is 1. The van der Waals surface area contributed by atoms with Crippen LogP contribution in [0.15, 0.2) is 29.1 Å². The van der Waals surface area contributed by atoms with Crippen LogP contribution in [0.1, 0.15) is 12.8 Å². The van der Waals surface area contributed by atoms with Crippen LogP contribution in [-0.2, 0) is 0 Å². The minimum atomic E-state index is 0.446. The van der Waals surface area contributed by atoms with Gasteiger partial charge in [0.05, 0.1) is 6.26 Å². The monoisotopic (exact) mass is 299 g/mol. The molecular weight excluding hydrogens is 282 g/mol. The fourth-order valence-electron chi connectivity index (χ4n) is 2.81. The summed E-state index contributed by atoms with van der Waals surface area (Å²) < 4.78 is 7.01. The number of aromatic nitrogens is 4. The molecule has 0 saturated carbocycles. The van der Waals surface area contributed by atoms with E-state index < -0.39 is 0 Å². The molecule has 0 bridgehead atoms. The quantitative estimate of drug-likeness (QED) is 0.663. The second-order valence-corrected chi connectivity index (χ2v) is 5.34. The van der Waals surface area contributed by atoms with Gasteiger partial charge in [0.2, 0.25) is 0 Å². The standard InChI is InChI=1S/C14H17N7O/c15-12-11(10-4-2-6-22-10)13(17-7-9-3-1-5-16-9)20-14-18-8-19-21(12)14/h2,4,6,8-9,16H,1,3,5,7,15H2,(H,17,18,19,20). The predicted molar refractivity (Wildman–Crippen MR) is 82.4 cm³/mol. The lowest BCUT2D eigenvalue weighted by atomic mass is 10.2. The van der Waals surface area contributed by atoms with Crippen LogP contribution in [0, 0.1) is 0 Å². The Kier molecular flexibility index (Phi) is 3.15. The molecule has 3 aromatic heterocycles. The van der Waals surface area contributed by atoms with Crippen LogP contribution in [-0.4, -0.2) is 38.7 Å². The van der Waals surface area contributed by atoms with Crippen LogP contribution in [0.4, 0.5) is 11.6 Å². The van der Waals surface area contributed by atoms with Crippen LogP contribution < -0.4 is 16.4 Å². The number of rotatable bonds is 4. The number of furan rings is 1. The van der Waals surface area contributed by atoms with E-state index in [9.17, 15) is 0 Å². The maximum absolute atomic E-state index is 6.24. The van der Waals surface area contributed by atoms with Gasteiger partial charge in [0.15, 0.2) is 0 Å². The highest BCUT2D eigenvalue weighted by atomic mass is 16.3. The van der Waals surface area contributed by atoms with Gasteiger partial charge >= 0.3 is 0 Å². The Morgan fingerprint density at radius 1 is 1.50 bits per heavy atom. The molecular formula is C14H17N7O. The van der Waals surface area contributed by atoms with E-state index in [2.05, 4.69) is 25.7 Å². The highest BCUT2D eigenvalue weighted by Crippen LogP contribution is 2.32. The fourth-order valence-corrected chi connectivity index (χ4v) is 2.81. The van der Waals surface area contributed by atoms with Crippen molar-refractivity contribution in [1.29, 1.82) is 0 Å². The molecule has 0 radical (unpaired) electrons. The Hall–Kier alpha value is -2.61. The Morgan fingerprint density at radius 2 is 2.45 bits per heavy atom. The predicted octanol–water partition coefficient (Wildman–Crippen LogP) is 1.13. The number of anilines is 2. The van der Waals surface area contributed by atoms with Crippen molar-refractivity contribution in [3.05, 3.63) is 24.7 Å². The molecule has 4 N–H and O–H groups in total. The third-order valence-electron chi connectivity index (χ3n) is 3.91. The lowest BCUT2D eigenvalue weighted by Gasteiger charge is -2.15. The van der Waals surface area contributed by atoms with Crippen molar-refractivity contribution >= 4 is 17.4 Å². The Bertz CT molecular complexity index is 774. The lowest BCUT2D eigenvalue weighted by Crippen LogP contribution is -2.29. The summed E-state index contributed by atoms with van der Waals surface area (Å²) in [5.74, 6) is 2.25. The van der Waals surface area contributed by atoms with Gasteiger partial charge in [-0.25, -0.2) is 0 Å². The molecule has 4 heterocycles. The van der Waals surface area contributed by atoms with E-state index >= 15 is 0 Å². The van der Waals surface area contributed by atoms with Gasteiger partial charge in [-0.3, -0.25) is 0 Å². The lowest BCUT2D eigenvalue weighted by molar-refractivity contribution is 0.581. The summed E-state index contributed by atoms with van der Waals surface area (Å²) in [6, 6.07) is 4.12. The van der Waals surface area contributed by atoms with Gasteiger partial charge in [-0.2, -0.15) is 19.6 Å². The summed E-state index contributed by atoms with van der Waals surface area (Å²) in [4.78, 5) is 8.64. The minimum absolute atomic E-state index is 0.446. The second-order valence-electron chi connectivity index (χ2n) is 5.34. The summed E-state index contributed by atoms with van der Waals surface area (Å²) in [6.07, 6.45) is 5.41. The molecule has 1 aliphatic heterocycles. The van der Waals surface area contributed by atoms with Gasteiger partial charge in [0, 0.05) is 12.6 Å². The third kappa shape index (κ3) is 2.17. The van der Waals surface area contributed by atoms with Gasteiger partial charge in [0.25, 0.3) is 5.78 Å². The number of nitrogens with one attached hydrogen (secondary N) is 2. The molecule has 1 atom stereocenters. The van der Waals surface area contributed by atoms with Gasteiger partial charge in [-0.05, 0) is 31.5 Å². The summed E-state index contributed by atoms with van der Waals surface area (Å²) in [5.41, 5.74) is 6.95. The van der Waals surface area contributed by atoms with E-state index in [1.165, 1.54) is 17.3 Å². The van der Waals surface area contributed by atoms with E-state index in [-0.39, 0.29) is 0 Å². The van der Waals surface area contributed by atoms with E-state index in [1.54, 1.807) is 6.26 Å².